The predicted octanol–water partition coefficient (Wildman–Crippen LogP) is 2.29. The summed E-state index contributed by atoms with van der Waals surface area (Å²) in [6, 6.07) is 13.7. The van der Waals surface area contributed by atoms with E-state index in [9.17, 15) is 9.90 Å². The van der Waals surface area contributed by atoms with Crippen LogP contribution in [0.25, 0.3) is 0 Å². The summed E-state index contributed by atoms with van der Waals surface area (Å²) in [5, 5.41) is 9.66. The molecule has 0 radical (unpaired) electrons. The monoisotopic (exact) mass is 284 g/mol. The fourth-order valence-electron chi connectivity index (χ4n) is 2.61. The van der Waals surface area contributed by atoms with Gasteiger partial charge in [-0.25, -0.2) is 4.79 Å². The fourth-order valence-corrected chi connectivity index (χ4v) is 2.61. The molecule has 0 spiro atoms. The topological polar surface area (TPSA) is 75.8 Å². The van der Waals surface area contributed by atoms with Crippen LogP contribution in [0.2, 0.25) is 0 Å². The number of nitrogens with two attached hydrogens (primary N) is 1. The molecule has 3 N–H and O–H groups in total. The number of fused-ring (bicyclic) bond motifs is 1. The zero-order valence-electron chi connectivity index (χ0n) is 11.4. The lowest BCUT2D eigenvalue weighted by molar-refractivity contribution is -0.138. The number of carbonyl (C=O) groups is 1. The van der Waals surface area contributed by atoms with Crippen LogP contribution in [0.4, 0.5) is 11.4 Å². The maximum absolute atomic E-state index is 11.8. The SMILES string of the molecule is Nc1ccc2c(c1)N(C(C(=O)O)c1ccccc1)CCO2. The van der Waals surface area contributed by atoms with E-state index in [0.717, 1.165) is 11.3 Å². The summed E-state index contributed by atoms with van der Waals surface area (Å²) in [5.41, 5.74) is 7.87. The predicted molar refractivity (Wildman–Crippen MR) is 80.5 cm³/mol. The van der Waals surface area contributed by atoms with Crippen molar-refractivity contribution in [3.63, 3.8) is 0 Å². The molecule has 0 amide bonds. The van der Waals surface area contributed by atoms with E-state index in [1.54, 1.807) is 18.2 Å². The number of benzene rings is 2. The van der Waals surface area contributed by atoms with Crippen molar-refractivity contribution < 1.29 is 14.6 Å². The summed E-state index contributed by atoms with van der Waals surface area (Å²) in [6.07, 6.45) is 0. The molecule has 1 heterocycles. The highest BCUT2D eigenvalue weighted by molar-refractivity contribution is 5.82. The molecule has 2 aromatic rings. The smallest absolute Gasteiger partial charge is 0.331 e. The minimum Gasteiger partial charge on any atom is -0.490 e. The quantitative estimate of drug-likeness (QED) is 0.846. The van der Waals surface area contributed by atoms with Crippen LogP contribution in [0.15, 0.2) is 48.5 Å². The normalized spacial score (nSPS) is 15.0. The van der Waals surface area contributed by atoms with Gasteiger partial charge < -0.3 is 20.5 Å². The third-order valence-electron chi connectivity index (χ3n) is 3.54. The largest absolute Gasteiger partial charge is 0.490 e. The molecule has 5 heteroatoms. The maximum Gasteiger partial charge on any atom is 0.331 e. The average molecular weight is 284 g/mol. The van der Waals surface area contributed by atoms with E-state index in [2.05, 4.69) is 0 Å². The average Bonchev–Trinajstić information content (AvgIpc) is 2.49. The van der Waals surface area contributed by atoms with Crippen molar-refractivity contribution in [2.24, 2.45) is 0 Å². The lowest BCUT2D eigenvalue weighted by atomic mass is 10.0. The van der Waals surface area contributed by atoms with Crippen LogP contribution >= 0.6 is 0 Å². The van der Waals surface area contributed by atoms with Gasteiger partial charge in [-0.05, 0) is 23.8 Å². The number of carboxylic acid groups (broad SMARTS) is 1. The first-order chi connectivity index (χ1) is 10.2. The van der Waals surface area contributed by atoms with Crippen molar-refractivity contribution in [2.75, 3.05) is 23.8 Å². The molecule has 0 aromatic heterocycles. The lowest BCUT2D eigenvalue weighted by Gasteiger charge is -2.35. The zero-order valence-corrected chi connectivity index (χ0v) is 11.4. The second-order valence-electron chi connectivity index (χ2n) is 4.92. The minimum atomic E-state index is -0.892. The summed E-state index contributed by atoms with van der Waals surface area (Å²) < 4.78 is 5.58. The van der Waals surface area contributed by atoms with Crippen LogP contribution in [0, 0.1) is 0 Å². The molecule has 108 valence electrons. The van der Waals surface area contributed by atoms with Gasteiger partial charge in [0, 0.05) is 5.69 Å². The molecule has 1 aliphatic heterocycles. The highest BCUT2D eigenvalue weighted by Crippen LogP contribution is 2.38. The van der Waals surface area contributed by atoms with Gasteiger partial charge in [-0.2, -0.15) is 0 Å². The molecule has 0 bridgehead atoms. The molecule has 1 atom stereocenters. The van der Waals surface area contributed by atoms with E-state index >= 15 is 0 Å². The standard InChI is InChI=1S/C16H16N2O3/c17-12-6-7-14-13(10-12)18(8-9-21-14)15(16(19)20)11-4-2-1-3-5-11/h1-7,10,15H,8-9,17H2,(H,19,20). The third kappa shape index (κ3) is 2.50. The van der Waals surface area contributed by atoms with Crippen molar-refractivity contribution in [3.05, 3.63) is 54.1 Å². The minimum absolute atomic E-state index is 0.452. The van der Waals surface area contributed by atoms with Crippen LogP contribution in [-0.2, 0) is 4.79 Å². The third-order valence-corrected chi connectivity index (χ3v) is 3.54. The molecule has 0 saturated heterocycles. The summed E-state index contributed by atoms with van der Waals surface area (Å²) in [7, 11) is 0. The van der Waals surface area contributed by atoms with Crippen molar-refractivity contribution in [2.45, 2.75) is 6.04 Å². The Balaban J connectivity index is 2.06. The molecule has 3 rings (SSSR count). The van der Waals surface area contributed by atoms with E-state index in [4.69, 9.17) is 10.5 Å². The number of nitrogens with zero attached hydrogens (tertiary/aromatic N) is 1. The second-order valence-corrected chi connectivity index (χ2v) is 4.92. The van der Waals surface area contributed by atoms with Gasteiger partial charge in [-0.1, -0.05) is 30.3 Å². The highest BCUT2D eigenvalue weighted by atomic mass is 16.5. The summed E-state index contributed by atoms with van der Waals surface area (Å²) in [5.74, 6) is -0.228. The number of ether oxygens (including phenoxy) is 1. The first-order valence-electron chi connectivity index (χ1n) is 6.73. The molecule has 5 nitrogen and oxygen atoms in total. The van der Waals surface area contributed by atoms with Crippen molar-refractivity contribution in [3.8, 4) is 5.75 Å². The summed E-state index contributed by atoms with van der Waals surface area (Å²) in [6.45, 7) is 0.954. The Morgan fingerprint density at radius 1 is 1.24 bits per heavy atom. The van der Waals surface area contributed by atoms with Crippen molar-refractivity contribution in [1.29, 1.82) is 0 Å². The Kier molecular flexibility index (Phi) is 3.39. The van der Waals surface area contributed by atoms with Gasteiger partial charge in [0.25, 0.3) is 0 Å². The number of hydrogen-bond acceptors (Lipinski definition) is 4. The molecular weight excluding hydrogens is 268 g/mol. The van der Waals surface area contributed by atoms with Crippen molar-refractivity contribution in [1.82, 2.24) is 0 Å². The summed E-state index contributed by atoms with van der Waals surface area (Å²) >= 11 is 0. The molecule has 0 saturated carbocycles. The van der Waals surface area contributed by atoms with Crippen LogP contribution in [0.1, 0.15) is 11.6 Å². The van der Waals surface area contributed by atoms with E-state index in [0.29, 0.717) is 24.6 Å². The number of anilines is 2. The number of nitrogen functional groups attached to an aromatic ring is 1. The van der Waals surface area contributed by atoms with Crippen LogP contribution in [-0.4, -0.2) is 24.2 Å². The Bertz CT molecular complexity index is 658. The first kappa shape index (κ1) is 13.3. The van der Waals surface area contributed by atoms with E-state index in [1.807, 2.05) is 35.2 Å². The fraction of sp³-hybridized carbons (Fsp3) is 0.188. The van der Waals surface area contributed by atoms with Gasteiger partial charge in [0.1, 0.15) is 12.4 Å². The summed E-state index contributed by atoms with van der Waals surface area (Å²) in [4.78, 5) is 13.6. The van der Waals surface area contributed by atoms with Gasteiger partial charge >= 0.3 is 5.97 Å². The number of rotatable bonds is 3. The van der Waals surface area contributed by atoms with E-state index < -0.39 is 12.0 Å². The van der Waals surface area contributed by atoms with Crippen molar-refractivity contribution >= 4 is 17.3 Å². The van der Waals surface area contributed by atoms with Gasteiger partial charge in [-0.3, -0.25) is 0 Å². The van der Waals surface area contributed by atoms with Crippen LogP contribution < -0.4 is 15.4 Å². The molecular formula is C16H16N2O3. The van der Waals surface area contributed by atoms with Gasteiger partial charge in [0.15, 0.2) is 6.04 Å². The molecule has 0 fully saturated rings. The van der Waals surface area contributed by atoms with E-state index in [-0.39, 0.29) is 0 Å². The molecule has 21 heavy (non-hydrogen) atoms. The number of hydrogen-bond donors (Lipinski definition) is 2. The van der Waals surface area contributed by atoms with E-state index in [1.165, 1.54) is 0 Å². The molecule has 0 aliphatic carbocycles. The van der Waals surface area contributed by atoms with Crippen LogP contribution in [0.3, 0.4) is 0 Å². The Morgan fingerprint density at radius 3 is 2.71 bits per heavy atom. The number of aliphatic carboxylic acids is 1. The molecule has 1 aliphatic rings. The van der Waals surface area contributed by atoms with Gasteiger partial charge in [0.05, 0.1) is 12.2 Å². The Morgan fingerprint density at radius 2 is 2.00 bits per heavy atom. The first-order valence-corrected chi connectivity index (χ1v) is 6.73. The lowest BCUT2D eigenvalue weighted by Crippen LogP contribution is -2.39. The van der Waals surface area contributed by atoms with Gasteiger partial charge in [-0.15, -0.1) is 0 Å². The molecule has 1 unspecified atom stereocenters. The Hall–Kier alpha value is -2.69. The Labute approximate surface area is 122 Å². The zero-order chi connectivity index (χ0) is 14.8. The molecule has 2 aromatic carbocycles. The maximum atomic E-state index is 11.8. The van der Waals surface area contributed by atoms with Crippen LogP contribution in [0.5, 0.6) is 5.75 Å². The highest BCUT2D eigenvalue weighted by Gasteiger charge is 2.31. The second kappa shape index (κ2) is 5.36. The number of carboxylic acids is 1. The van der Waals surface area contributed by atoms with Gasteiger partial charge in [0.2, 0.25) is 0 Å².